The number of pyridine rings is 1. The topological polar surface area (TPSA) is 76.6 Å². The highest BCUT2D eigenvalue weighted by atomic mass is 32.2. The number of nitrogens with zero attached hydrogens (tertiary/aromatic N) is 2. The second-order valence-electron chi connectivity index (χ2n) is 5.99. The maximum absolute atomic E-state index is 12.5. The molecular weight excluding hydrogens is 340 g/mol. The number of aromatic nitrogens is 1. The highest BCUT2D eigenvalue weighted by Gasteiger charge is 2.21. The minimum absolute atomic E-state index is 0.147. The van der Waals surface area contributed by atoms with Crippen LogP contribution in [0.15, 0.2) is 53.7 Å². The lowest BCUT2D eigenvalue weighted by molar-refractivity contribution is -0.146. The van der Waals surface area contributed by atoms with E-state index < -0.39 is 10.0 Å². The highest BCUT2D eigenvalue weighted by Crippen LogP contribution is 2.16. The van der Waals surface area contributed by atoms with Gasteiger partial charge in [0.2, 0.25) is 10.0 Å². The molecule has 0 spiro atoms. The number of sulfonamides is 1. The molecule has 0 radical (unpaired) electrons. The molecule has 1 aromatic carbocycles. The molecule has 1 heterocycles. The Bertz CT molecular complexity index is 820. The number of hydrogen-bond donors (Lipinski definition) is 0. The number of esters is 1. The van der Waals surface area contributed by atoms with Crippen molar-refractivity contribution >= 4 is 16.0 Å². The maximum atomic E-state index is 12.5. The van der Waals surface area contributed by atoms with Gasteiger partial charge in [0.25, 0.3) is 0 Å². The molecule has 0 aliphatic carbocycles. The van der Waals surface area contributed by atoms with Crippen molar-refractivity contribution in [2.45, 2.75) is 37.8 Å². The van der Waals surface area contributed by atoms with Gasteiger partial charge < -0.3 is 4.74 Å². The smallest absolute Gasteiger partial charge is 0.310 e. The van der Waals surface area contributed by atoms with Crippen molar-refractivity contribution < 1.29 is 17.9 Å². The highest BCUT2D eigenvalue weighted by molar-refractivity contribution is 7.89. The summed E-state index contributed by atoms with van der Waals surface area (Å²) >= 11 is 0. The van der Waals surface area contributed by atoms with Crippen LogP contribution in [0.5, 0.6) is 0 Å². The van der Waals surface area contributed by atoms with Crippen LogP contribution in [-0.4, -0.2) is 36.8 Å². The molecule has 2 aromatic rings. The standard InChI is InChI=1S/C18H22N2O4S/c1-14(2)24-18(21)11-15-6-4-7-16(10-15)13-20(3)25(22,23)17-8-5-9-19-12-17/h4-10,12,14H,11,13H2,1-3H3. The van der Waals surface area contributed by atoms with E-state index in [0.717, 1.165) is 11.1 Å². The van der Waals surface area contributed by atoms with Crippen molar-refractivity contribution in [3.8, 4) is 0 Å². The Morgan fingerprint density at radius 3 is 2.56 bits per heavy atom. The summed E-state index contributed by atoms with van der Waals surface area (Å²) in [7, 11) is -2.09. The van der Waals surface area contributed by atoms with Crippen molar-refractivity contribution in [2.75, 3.05) is 7.05 Å². The van der Waals surface area contributed by atoms with E-state index in [1.807, 2.05) is 18.2 Å². The molecule has 0 amide bonds. The van der Waals surface area contributed by atoms with Crippen molar-refractivity contribution in [2.24, 2.45) is 0 Å². The first kappa shape index (κ1) is 19.1. The first-order chi connectivity index (χ1) is 11.8. The molecule has 7 heteroatoms. The van der Waals surface area contributed by atoms with Crippen molar-refractivity contribution in [3.63, 3.8) is 0 Å². The van der Waals surface area contributed by atoms with E-state index in [2.05, 4.69) is 4.98 Å². The number of rotatable bonds is 7. The van der Waals surface area contributed by atoms with Crippen LogP contribution in [0.4, 0.5) is 0 Å². The number of benzene rings is 1. The molecular formula is C18H22N2O4S. The van der Waals surface area contributed by atoms with E-state index in [-0.39, 0.29) is 29.9 Å². The van der Waals surface area contributed by atoms with E-state index >= 15 is 0 Å². The molecule has 0 bridgehead atoms. The SMILES string of the molecule is CC(C)OC(=O)Cc1cccc(CN(C)S(=O)(=O)c2cccnc2)c1. The summed E-state index contributed by atoms with van der Waals surface area (Å²) in [6.45, 7) is 3.80. The van der Waals surface area contributed by atoms with Gasteiger partial charge in [0.15, 0.2) is 0 Å². The van der Waals surface area contributed by atoms with E-state index in [1.165, 1.54) is 29.8 Å². The minimum Gasteiger partial charge on any atom is -0.463 e. The maximum Gasteiger partial charge on any atom is 0.310 e. The number of carbonyl (C=O) groups excluding carboxylic acids is 1. The Morgan fingerprint density at radius 1 is 1.20 bits per heavy atom. The van der Waals surface area contributed by atoms with Gasteiger partial charge in [-0.25, -0.2) is 8.42 Å². The Balaban J connectivity index is 2.10. The first-order valence-corrected chi connectivity index (χ1v) is 9.36. The van der Waals surface area contributed by atoms with Crippen LogP contribution in [0.2, 0.25) is 0 Å². The summed E-state index contributed by atoms with van der Waals surface area (Å²) in [6.07, 6.45) is 2.85. The van der Waals surface area contributed by atoms with Crippen molar-refractivity contribution in [3.05, 3.63) is 59.9 Å². The quantitative estimate of drug-likeness (QED) is 0.707. The third kappa shape index (κ3) is 5.37. The van der Waals surface area contributed by atoms with Crippen LogP contribution in [0.25, 0.3) is 0 Å². The molecule has 0 saturated heterocycles. The molecule has 0 unspecified atom stereocenters. The van der Waals surface area contributed by atoms with Crippen LogP contribution in [0, 0.1) is 0 Å². The Morgan fingerprint density at radius 2 is 1.92 bits per heavy atom. The summed E-state index contributed by atoms with van der Waals surface area (Å²) < 4.78 is 31.5. The Hall–Kier alpha value is -2.25. The van der Waals surface area contributed by atoms with Crippen molar-refractivity contribution in [1.82, 2.24) is 9.29 Å². The lowest BCUT2D eigenvalue weighted by Crippen LogP contribution is -2.26. The van der Waals surface area contributed by atoms with E-state index in [1.54, 1.807) is 26.0 Å². The van der Waals surface area contributed by atoms with E-state index in [9.17, 15) is 13.2 Å². The zero-order chi connectivity index (χ0) is 18.4. The molecule has 0 N–H and O–H groups in total. The van der Waals surface area contributed by atoms with Gasteiger partial charge >= 0.3 is 5.97 Å². The summed E-state index contributed by atoms with van der Waals surface area (Å²) in [5.41, 5.74) is 1.58. The lowest BCUT2D eigenvalue weighted by Gasteiger charge is -2.17. The zero-order valence-electron chi connectivity index (χ0n) is 14.5. The minimum atomic E-state index is -3.61. The summed E-state index contributed by atoms with van der Waals surface area (Å²) in [6, 6.07) is 10.4. The Labute approximate surface area is 148 Å². The Kier molecular flexibility index (Phi) is 6.27. The largest absolute Gasteiger partial charge is 0.463 e. The lowest BCUT2D eigenvalue weighted by atomic mass is 10.1. The fraction of sp³-hybridized carbons (Fsp3) is 0.333. The van der Waals surface area contributed by atoms with Gasteiger partial charge in [-0.05, 0) is 37.1 Å². The molecule has 0 aliphatic heterocycles. The molecule has 6 nitrogen and oxygen atoms in total. The van der Waals surface area contributed by atoms with Gasteiger partial charge in [-0.1, -0.05) is 24.3 Å². The molecule has 0 aliphatic rings. The third-order valence-corrected chi connectivity index (χ3v) is 5.24. The van der Waals surface area contributed by atoms with Crippen LogP contribution in [0.3, 0.4) is 0 Å². The molecule has 134 valence electrons. The predicted molar refractivity (Wildman–Crippen MR) is 94.3 cm³/mol. The average molecular weight is 362 g/mol. The monoisotopic (exact) mass is 362 g/mol. The third-order valence-electron chi connectivity index (χ3n) is 3.45. The van der Waals surface area contributed by atoms with E-state index in [4.69, 9.17) is 4.74 Å². The second-order valence-corrected chi connectivity index (χ2v) is 8.03. The molecule has 0 atom stereocenters. The number of ether oxygens (including phenoxy) is 1. The zero-order valence-corrected chi connectivity index (χ0v) is 15.4. The fourth-order valence-corrected chi connectivity index (χ4v) is 3.45. The van der Waals surface area contributed by atoms with E-state index in [0.29, 0.717) is 0 Å². The van der Waals surface area contributed by atoms with Crippen LogP contribution >= 0.6 is 0 Å². The molecule has 0 saturated carbocycles. The molecule has 0 fully saturated rings. The number of hydrogen-bond acceptors (Lipinski definition) is 5. The summed E-state index contributed by atoms with van der Waals surface area (Å²) in [5.74, 6) is -0.302. The van der Waals surface area contributed by atoms with Crippen LogP contribution < -0.4 is 0 Å². The molecule has 25 heavy (non-hydrogen) atoms. The van der Waals surface area contributed by atoms with Gasteiger partial charge in [0.05, 0.1) is 12.5 Å². The van der Waals surface area contributed by atoms with Gasteiger partial charge in [0, 0.05) is 26.0 Å². The van der Waals surface area contributed by atoms with Gasteiger partial charge in [0.1, 0.15) is 4.90 Å². The van der Waals surface area contributed by atoms with Gasteiger partial charge in [-0.15, -0.1) is 0 Å². The summed E-state index contributed by atoms with van der Waals surface area (Å²) in [4.78, 5) is 15.8. The van der Waals surface area contributed by atoms with Crippen molar-refractivity contribution in [1.29, 1.82) is 0 Å². The van der Waals surface area contributed by atoms with Gasteiger partial charge in [-0.2, -0.15) is 4.31 Å². The second kappa shape index (κ2) is 8.22. The average Bonchev–Trinajstić information content (AvgIpc) is 2.55. The van der Waals surface area contributed by atoms with Crippen LogP contribution in [0.1, 0.15) is 25.0 Å². The number of carbonyl (C=O) groups is 1. The molecule has 1 aromatic heterocycles. The predicted octanol–water partition coefficient (Wildman–Crippen LogP) is 2.40. The first-order valence-electron chi connectivity index (χ1n) is 7.92. The molecule has 2 rings (SSSR count). The van der Waals surface area contributed by atoms with Gasteiger partial charge in [-0.3, -0.25) is 9.78 Å². The normalized spacial score (nSPS) is 11.7. The summed E-state index contributed by atoms with van der Waals surface area (Å²) in [5, 5.41) is 0. The van der Waals surface area contributed by atoms with Crippen LogP contribution in [-0.2, 0) is 32.5 Å². The fourth-order valence-electron chi connectivity index (χ4n) is 2.33.